The molecule has 0 aliphatic carbocycles. The van der Waals surface area contributed by atoms with E-state index in [0.717, 1.165) is 10.9 Å². The quantitative estimate of drug-likeness (QED) is 0.806. The summed E-state index contributed by atoms with van der Waals surface area (Å²) in [5.41, 5.74) is 2.10. The fraction of sp³-hybridized carbons (Fsp3) is 0.385. The Bertz CT molecular complexity index is 451. The Morgan fingerprint density at radius 2 is 1.94 bits per heavy atom. The van der Waals surface area contributed by atoms with Crippen LogP contribution in [0.25, 0.3) is 0 Å². The van der Waals surface area contributed by atoms with Crippen molar-refractivity contribution in [3.63, 3.8) is 0 Å². The molecule has 3 nitrogen and oxygen atoms in total. The SMILES string of the molecule is Cc1ccc(N2C(=O)CS/C2=N\C(C)C)cc1. The van der Waals surface area contributed by atoms with Gasteiger partial charge in [-0.1, -0.05) is 29.5 Å². The van der Waals surface area contributed by atoms with Gasteiger partial charge in [-0.3, -0.25) is 14.7 Å². The average Bonchev–Trinajstić information content (AvgIpc) is 2.61. The van der Waals surface area contributed by atoms with Gasteiger partial charge >= 0.3 is 0 Å². The normalized spacial score (nSPS) is 18.5. The highest BCUT2D eigenvalue weighted by molar-refractivity contribution is 8.15. The number of thioether (sulfide) groups is 1. The van der Waals surface area contributed by atoms with Gasteiger partial charge in [-0.15, -0.1) is 0 Å². The van der Waals surface area contributed by atoms with Crippen molar-refractivity contribution < 1.29 is 4.79 Å². The molecule has 0 aromatic heterocycles. The Morgan fingerprint density at radius 3 is 2.53 bits per heavy atom. The highest BCUT2D eigenvalue weighted by Gasteiger charge is 2.29. The number of aliphatic imine (C=N–C) groups is 1. The van der Waals surface area contributed by atoms with E-state index in [0.29, 0.717) is 5.75 Å². The summed E-state index contributed by atoms with van der Waals surface area (Å²) in [7, 11) is 0. The number of nitrogens with zero attached hydrogens (tertiary/aromatic N) is 2. The second-order valence-corrected chi connectivity index (χ2v) is 5.30. The van der Waals surface area contributed by atoms with Crippen LogP contribution in [0.4, 0.5) is 5.69 Å². The predicted molar refractivity (Wildman–Crippen MR) is 73.7 cm³/mol. The zero-order valence-corrected chi connectivity index (χ0v) is 11.1. The zero-order valence-electron chi connectivity index (χ0n) is 10.3. The van der Waals surface area contributed by atoms with Gasteiger partial charge in [-0.2, -0.15) is 0 Å². The smallest absolute Gasteiger partial charge is 0.243 e. The highest BCUT2D eigenvalue weighted by Crippen LogP contribution is 2.27. The van der Waals surface area contributed by atoms with E-state index in [1.54, 1.807) is 4.90 Å². The maximum absolute atomic E-state index is 11.9. The van der Waals surface area contributed by atoms with Crippen LogP contribution in [0.1, 0.15) is 19.4 Å². The molecule has 17 heavy (non-hydrogen) atoms. The van der Waals surface area contributed by atoms with Gasteiger partial charge < -0.3 is 0 Å². The van der Waals surface area contributed by atoms with Gasteiger partial charge in [-0.05, 0) is 32.9 Å². The van der Waals surface area contributed by atoms with Crippen LogP contribution in [0.3, 0.4) is 0 Å². The molecule has 1 aliphatic rings. The van der Waals surface area contributed by atoms with Crippen molar-refractivity contribution in [2.24, 2.45) is 4.99 Å². The summed E-state index contributed by atoms with van der Waals surface area (Å²) in [4.78, 5) is 18.1. The van der Waals surface area contributed by atoms with Crippen molar-refractivity contribution in [1.29, 1.82) is 0 Å². The molecule has 0 atom stereocenters. The summed E-state index contributed by atoms with van der Waals surface area (Å²) in [5, 5.41) is 0.814. The standard InChI is InChI=1S/C13H16N2OS/c1-9(2)14-13-15(12(16)8-17-13)11-6-4-10(3)5-7-11/h4-7,9H,8H2,1-3H3/b14-13-. The second-order valence-electron chi connectivity index (χ2n) is 4.36. The molecule has 4 heteroatoms. The van der Waals surface area contributed by atoms with Crippen molar-refractivity contribution in [3.05, 3.63) is 29.8 Å². The third kappa shape index (κ3) is 2.69. The number of amides is 1. The van der Waals surface area contributed by atoms with Gasteiger partial charge in [0.25, 0.3) is 0 Å². The molecule has 0 N–H and O–H groups in total. The molecular formula is C13H16N2OS. The van der Waals surface area contributed by atoms with Crippen molar-refractivity contribution in [2.45, 2.75) is 26.8 Å². The number of hydrogen-bond donors (Lipinski definition) is 0. The first-order chi connectivity index (χ1) is 8.08. The fourth-order valence-electron chi connectivity index (χ4n) is 1.63. The Hall–Kier alpha value is -1.29. The Morgan fingerprint density at radius 1 is 1.29 bits per heavy atom. The summed E-state index contributed by atoms with van der Waals surface area (Å²) in [5.74, 6) is 0.595. The maximum Gasteiger partial charge on any atom is 0.243 e. The Kier molecular flexibility index (Phi) is 3.52. The number of anilines is 1. The van der Waals surface area contributed by atoms with Gasteiger partial charge in [0.1, 0.15) is 0 Å². The van der Waals surface area contributed by atoms with Crippen LogP contribution in [0, 0.1) is 6.92 Å². The largest absolute Gasteiger partial charge is 0.273 e. The van der Waals surface area contributed by atoms with Gasteiger partial charge in [-0.25, -0.2) is 0 Å². The maximum atomic E-state index is 11.9. The molecule has 0 spiro atoms. The van der Waals surface area contributed by atoms with Crippen molar-refractivity contribution in [2.75, 3.05) is 10.7 Å². The van der Waals surface area contributed by atoms with E-state index in [-0.39, 0.29) is 11.9 Å². The zero-order chi connectivity index (χ0) is 12.4. The molecule has 1 saturated heterocycles. The summed E-state index contributed by atoms with van der Waals surface area (Å²) in [6.45, 7) is 6.07. The van der Waals surface area contributed by atoms with Crippen LogP contribution in [-0.2, 0) is 4.79 Å². The van der Waals surface area contributed by atoms with E-state index in [1.165, 1.54) is 17.3 Å². The molecule has 0 bridgehead atoms. The number of hydrogen-bond acceptors (Lipinski definition) is 3. The van der Waals surface area contributed by atoms with Crippen molar-refractivity contribution in [3.8, 4) is 0 Å². The molecule has 1 amide bonds. The molecule has 1 aromatic rings. The van der Waals surface area contributed by atoms with Gasteiger partial charge in [0.15, 0.2) is 5.17 Å². The molecule has 1 fully saturated rings. The van der Waals surface area contributed by atoms with E-state index in [1.807, 2.05) is 45.0 Å². The van der Waals surface area contributed by atoms with Crippen LogP contribution >= 0.6 is 11.8 Å². The molecule has 0 radical (unpaired) electrons. The van der Waals surface area contributed by atoms with E-state index >= 15 is 0 Å². The summed E-state index contributed by atoms with van der Waals surface area (Å²) >= 11 is 1.51. The van der Waals surface area contributed by atoms with Crippen LogP contribution in [0.5, 0.6) is 0 Å². The molecule has 1 heterocycles. The molecule has 90 valence electrons. The van der Waals surface area contributed by atoms with Crippen molar-refractivity contribution >= 4 is 28.5 Å². The molecule has 0 unspecified atom stereocenters. The molecule has 1 aliphatic heterocycles. The Balaban J connectivity index is 2.34. The van der Waals surface area contributed by atoms with Crippen LogP contribution in [0.2, 0.25) is 0 Å². The van der Waals surface area contributed by atoms with Gasteiger partial charge in [0.2, 0.25) is 5.91 Å². The van der Waals surface area contributed by atoms with Gasteiger partial charge in [0.05, 0.1) is 11.4 Å². The highest BCUT2D eigenvalue weighted by atomic mass is 32.2. The summed E-state index contributed by atoms with van der Waals surface area (Å²) in [6.07, 6.45) is 0. The van der Waals surface area contributed by atoms with Crippen LogP contribution in [-0.4, -0.2) is 22.9 Å². The van der Waals surface area contributed by atoms with Gasteiger partial charge in [0, 0.05) is 6.04 Å². The minimum Gasteiger partial charge on any atom is -0.273 e. The lowest BCUT2D eigenvalue weighted by Crippen LogP contribution is -2.29. The summed E-state index contributed by atoms with van der Waals surface area (Å²) < 4.78 is 0. The van der Waals surface area contributed by atoms with E-state index in [4.69, 9.17) is 0 Å². The van der Waals surface area contributed by atoms with Crippen LogP contribution in [0.15, 0.2) is 29.3 Å². The molecule has 2 rings (SSSR count). The number of rotatable bonds is 2. The van der Waals surface area contributed by atoms with E-state index < -0.39 is 0 Å². The number of aryl methyl sites for hydroxylation is 1. The van der Waals surface area contributed by atoms with Crippen LogP contribution < -0.4 is 4.90 Å². The average molecular weight is 248 g/mol. The number of amidine groups is 1. The minimum absolute atomic E-state index is 0.109. The second kappa shape index (κ2) is 4.92. The lowest BCUT2D eigenvalue weighted by atomic mass is 10.2. The number of carbonyl (C=O) groups excluding carboxylic acids is 1. The van der Waals surface area contributed by atoms with E-state index in [9.17, 15) is 4.79 Å². The first-order valence-corrected chi connectivity index (χ1v) is 6.66. The monoisotopic (exact) mass is 248 g/mol. The lowest BCUT2D eigenvalue weighted by molar-refractivity contribution is -0.115. The van der Waals surface area contributed by atoms with E-state index in [2.05, 4.69) is 4.99 Å². The minimum atomic E-state index is 0.109. The third-order valence-corrected chi connectivity index (χ3v) is 3.36. The fourth-order valence-corrected chi connectivity index (χ4v) is 2.63. The predicted octanol–water partition coefficient (Wildman–Crippen LogP) is 2.84. The summed E-state index contributed by atoms with van der Waals surface area (Å²) in [6, 6.07) is 8.16. The first kappa shape index (κ1) is 12.2. The lowest BCUT2D eigenvalue weighted by Gasteiger charge is -2.16. The number of benzene rings is 1. The molecule has 1 aromatic carbocycles. The Labute approximate surface area is 106 Å². The number of carbonyl (C=O) groups is 1. The first-order valence-electron chi connectivity index (χ1n) is 5.68. The topological polar surface area (TPSA) is 32.7 Å². The molecular weight excluding hydrogens is 232 g/mol. The van der Waals surface area contributed by atoms with Crippen molar-refractivity contribution in [1.82, 2.24) is 0 Å². The molecule has 0 saturated carbocycles. The third-order valence-electron chi connectivity index (χ3n) is 2.43.